The molecular formula is C10H12Cl2N2. The highest BCUT2D eigenvalue weighted by molar-refractivity contribution is 6.35. The summed E-state index contributed by atoms with van der Waals surface area (Å²) in [4.78, 5) is 4.09. The normalized spacial score (nSPS) is 11.8. The number of benzene rings is 1. The average molecular weight is 231 g/mol. The maximum Gasteiger partial charge on any atom is 0.0981 e. The fourth-order valence-electron chi connectivity index (χ4n) is 1.12. The van der Waals surface area contributed by atoms with E-state index in [1.807, 2.05) is 13.0 Å². The van der Waals surface area contributed by atoms with Crippen molar-refractivity contribution < 1.29 is 0 Å². The highest BCUT2D eigenvalue weighted by Gasteiger charge is 2.02. The lowest BCUT2D eigenvalue weighted by Crippen LogP contribution is -2.15. The minimum atomic E-state index is 0.573. The Morgan fingerprint density at radius 2 is 2.14 bits per heavy atom. The lowest BCUT2D eigenvalue weighted by Gasteiger charge is -2.04. The first-order chi connectivity index (χ1) is 6.63. The molecule has 0 spiro atoms. The Bertz CT molecular complexity index is 348. The molecule has 0 aliphatic rings. The van der Waals surface area contributed by atoms with Crippen LogP contribution in [0.2, 0.25) is 10.0 Å². The van der Waals surface area contributed by atoms with Gasteiger partial charge in [-0.1, -0.05) is 29.3 Å². The van der Waals surface area contributed by atoms with E-state index in [4.69, 9.17) is 28.9 Å². The standard InChI is InChI=1S/C10H12Cl2N2/c1-2-14-10(13)5-7-3-4-8(11)6-9(7)12/h3-4,6H,2,5H2,1H3,(H2,13,14). The number of aliphatic imine (C=N–C) groups is 1. The van der Waals surface area contributed by atoms with Crippen molar-refractivity contribution in [3.63, 3.8) is 0 Å². The van der Waals surface area contributed by atoms with E-state index >= 15 is 0 Å². The molecule has 1 rings (SSSR count). The summed E-state index contributed by atoms with van der Waals surface area (Å²) >= 11 is 11.7. The van der Waals surface area contributed by atoms with Crippen molar-refractivity contribution in [1.29, 1.82) is 0 Å². The molecule has 1 aromatic carbocycles. The molecule has 0 fully saturated rings. The molecule has 76 valence electrons. The van der Waals surface area contributed by atoms with Crippen LogP contribution in [0.5, 0.6) is 0 Å². The first kappa shape index (κ1) is 11.3. The maximum absolute atomic E-state index is 5.98. The first-order valence-electron chi connectivity index (χ1n) is 4.36. The molecule has 0 aliphatic heterocycles. The second kappa shape index (κ2) is 5.23. The molecule has 0 saturated carbocycles. The molecular weight excluding hydrogens is 219 g/mol. The highest BCUT2D eigenvalue weighted by atomic mass is 35.5. The van der Waals surface area contributed by atoms with Crippen LogP contribution in [0.1, 0.15) is 12.5 Å². The van der Waals surface area contributed by atoms with Crippen LogP contribution in [-0.4, -0.2) is 12.4 Å². The molecule has 0 unspecified atom stereocenters. The zero-order chi connectivity index (χ0) is 10.6. The van der Waals surface area contributed by atoms with Gasteiger partial charge in [-0.25, -0.2) is 0 Å². The molecule has 0 atom stereocenters. The second-order valence-corrected chi connectivity index (χ2v) is 3.72. The summed E-state index contributed by atoms with van der Waals surface area (Å²) in [5.41, 5.74) is 6.63. The summed E-state index contributed by atoms with van der Waals surface area (Å²) in [7, 11) is 0. The van der Waals surface area contributed by atoms with E-state index in [1.54, 1.807) is 12.1 Å². The van der Waals surface area contributed by atoms with Gasteiger partial charge in [0.25, 0.3) is 0 Å². The Labute approximate surface area is 93.7 Å². The summed E-state index contributed by atoms with van der Waals surface area (Å²) in [5, 5.41) is 1.26. The molecule has 0 saturated heterocycles. The van der Waals surface area contributed by atoms with Crippen LogP contribution < -0.4 is 5.73 Å². The van der Waals surface area contributed by atoms with E-state index in [2.05, 4.69) is 4.99 Å². The van der Waals surface area contributed by atoms with Crippen molar-refractivity contribution in [2.24, 2.45) is 10.7 Å². The number of nitrogens with two attached hydrogens (primary N) is 1. The molecule has 0 aromatic heterocycles. The third-order valence-corrected chi connectivity index (χ3v) is 2.33. The number of halogens is 2. The Morgan fingerprint density at radius 3 is 2.71 bits per heavy atom. The van der Waals surface area contributed by atoms with Gasteiger partial charge in [0.15, 0.2) is 0 Å². The summed E-state index contributed by atoms with van der Waals surface area (Å²) < 4.78 is 0. The molecule has 2 nitrogen and oxygen atoms in total. The number of amidine groups is 1. The zero-order valence-corrected chi connectivity index (χ0v) is 9.44. The fraction of sp³-hybridized carbons (Fsp3) is 0.300. The molecule has 0 amide bonds. The predicted octanol–water partition coefficient (Wildman–Crippen LogP) is 2.91. The topological polar surface area (TPSA) is 38.4 Å². The fourth-order valence-corrected chi connectivity index (χ4v) is 1.59. The van der Waals surface area contributed by atoms with Crippen LogP contribution >= 0.6 is 23.2 Å². The Kier molecular flexibility index (Phi) is 4.23. The van der Waals surface area contributed by atoms with Crippen LogP contribution in [0.15, 0.2) is 23.2 Å². The van der Waals surface area contributed by atoms with Gasteiger partial charge in [-0.3, -0.25) is 4.99 Å². The largest absolute Gasteiger partial charge is 0.387 e. The van der Waals surface area contributed by atoms with Crippen molar-refractivity contribution in [2.75, 3.05) is 6.54 Å². The van der Waals surface area contributed by atoms with E-state index in [0.717, 1.165) is 5.56 Å². The van der Waals surface area contributed by atoms with Gasteiger partial charge in [0, 0.05) is 23.0 Å². The zero-order valence-electron chi connectivity index (χ0n) is 7.93. The van der Waals surface area contributed by atoms with E-state index in [-0.39, 0.29) is 0 Å². The van der Waals surface area contributed by atoms with Gasteiger partial charge in [-0.05, 0) is 24.6 Å². The van der Waals surface area contributed by atoms with Crippen LogP contribution in [-0.2, 0) is 6.42 Å². The van der Waals surface area contributed by atoms with Crippen molar-refractivity contribution >= 4 is 29.0 Å². The molecule has 2 N–H and O–H groups in total. The summed E-state index contributed by atoms with van der Waals surface area (Å²) in [6.45, 7) is 2.63. The van der Waals surface area contributed by atoms with Gasteiger partial charge < -0.3 is 5.73 Å². The number of hydrogen-bond acceptors (Lipinski definition) is 1. The van der Waals surface area contributed by atoms with Crippen molar-refractivity contribution in [2.45, 2.75) is 13.3 Å². The van der Waals surface area contributed by atoms with Gasteiger partial charge >= 0.3 is 0 Å². The van der Waals surface area contributed by atoms with Crippen molar-refractivity contribution in [1.82, 2.24) is 0 Å². The van der Waals surface area contributed by atoms with Crippen LogP contribution in [0.4, 0.5) is 0 Å². The summed E-state index contributed by atoms with van der Waals surface area (Å²) in [6.07, 6.45) is 0.573. The molecule has 4 heteroatoms. The SMILES string of the molecule is CCN=C(N)Cc1ccc(Cl)cc1Cl. The molecule has 0 heterocycles. The number of rotatable bonds is 3. The van der Waals surface area contributed by atoms with Crippen molar-refractivity contribution in [3.8, 4) is 0 Å². The maximum atomic E-state index is 5.98. The van der Waals surface area contributed by atoms with Crippen LogP contribution in [0.25, 0.3) is 0 Å². The minimum absolute atomic E-state index is 0.573. The smallest absolute Gasteiger partial charge is 0.0981 e. The van der Waals surface area contributed by atoms with Gasteiger partial charge in [-0.15, -0.1) is 0 Å². The average Bonchev–Trinajstić information content (AvgIpc) is 2.10. The molecule has 1 aromatic rings. The lowest BCUT2D eigenvalue weighted by molar-refractivity contribution is 1.10. The monoisotopic (exact) mass is 230 g/mol. The number of hydrogen-bond donors (Lipinski definition) is 1. The lowest BCUT2D eigenvalue weighted by atomic mass is 10.1. The molecule has 0 aliphatic carbocycles. The molecule has 14 heavy (non-hydrogen) atoms. The minimum Gasteiger partial charge on any atom is -0.387 e. The number of nitrogens with zero attached hydrogens (tertiary/aromatic N) is 1. The first-order valence-corrected chi connectivity index (χ1v) is 5.11. The van der Waals surface area contributed by atoms with E-state index in [1.165, 1.54) is 0 Å². The van der Waals surface area contributed by atoms with E-state index in [9.17, 15) is 0 Å². The van der Waals surface area contributed by atoms with Crippen molar-refractivity contribution in [3.05, 3.63) is 33.8 Å². The summed E-state index contributed by atoms with van der Waals surface area (Å²) in [6, 6.07) is 5.36. The van der Waals surface area contributed by atoms with E-state index < -0.39 is 0 Å². The third kappa shape index (κ3) is 3.20. The summed E-state index contributed by atoms with van der Waals surface area (Å²) in [5.74, 6) is 0.594. The third-order valence-electron chi connectivity index (χ3n) is 1.75. The van der Waals surface area contributed by atoms with E-state index in [0.29, 0.717) is 28.8 Å². The molecule has 0 radical (unpaired) electrons. The van der Waals surface area contributed by atoms with Gasteiger partial charge in [0.1, 0.15) is 0 Å². The van der Waals surface area contributed by atoms with Gasteiger partial charge in [0.05, 0.1) is 5.84 Å². The van der Waals surface area contributed by atoms with Gasteiger partial charge in [-0.2, -0.15) is 0 Å². The van der Waals surface area contributed by atoms with Crippen LogP contribution in [0.3, 0.4) is 0 Å². The quantitative estimate of drug-likeness (QED) is 0.630. The van der Waals surface area contributed by atoms with Crippen LogP contribution in [0, 0.1) is 0 Å². The van der Waals surface area contributed by atoms with Gasteiger partial charge in [0.2, 0.25) is 0 Å². The Balaban J connectivity index is 2.82. The molecule has 0 bridgehead atoms. The second-order valence-electron chi connectivity index (χ2n) is 2.88. The Hall–Kier alpha value is -0.730. The predicted molar refractivity (Wildman–Crippen MR) is 62.3 cm³/mol. The highest BCUT2D eigenvalue weighted by Crippen LogP contribution is 2.21. The Morgan fingerprint density at radius 1 is 1.43 bits per heavy atom.